The minimum atomic E-state index is -0.0614. The Bertz CT molecular complexity index is 886. The van der Waals surface area contributed by atoms with Crippen LogP contribution in [0.2, 0.25) is 0 Å². The average Bonchev–Trinajstić information content (AvgIpc) is 2.50. The van der Waals surface area contributed by atoms with Gasteiger partial charge in [0.05, 0.1) is 5.69 Å². The van der Waals surface area contributed by atoms with Gasteiger partial charge in [0.2, 0.25) is 0 Å². The van der Waals surface area contributed by atoms with Gasteiger partial charge in [0.15, 0.2) is 0 Å². The highest BCUT2D eigenvalue weighted by atomic mass is 79.9. The monoisotopic (exact) mass is 355 g/mol. The van der Waals surface area contributed by atoms with Crippen molar-refractivity contribution in [3.8, 4) is 11.3 Å². The summed E-state index contributed by atoms with van der Waals surface area (Å²) >= 11 is 3.64. The van der Waals surface area contributed by atoms with Gasteiger partial charge in [-0.25, -0.2) is 0 Å². The van der Waals surface area contributed by atoms with Gasteiger partial charge in [0.25, 0.3) is 5.56 Å². The van der Waals surface area contributed by atoms with Crippen LogP contribution in [0, 0.1) is 0 Å². The lowest BCUT2D eigenvalue weighted by atomic mass is 9.86. The Hall–Kier alpha value is -1.87. The van der Waals surface area contributed by atoms with Gasteiger partial charge in [0.1, 0.15) is 0 Å². The van der Waals surface area contributed by atoms with Crippen LogP contribution >= 0.6 is 15.9 Å². The fourth-order valence-electron chi connectivity index (χ4n) is 2.58. The number of nitrogens with one attached hydrogen (secondary N) is 1. The molecule has 112 valence electrons. The minimum Gasteiger partial charge on any atom is -0.320 e. The summed E-state index contributed by atoms with van der Waals surface area (Å²) in [4.78, 5) is 15.3. The number of aromatic nitrogens is 1. The van der Waals surface area contributed by atoms with E-state index in [1.807, 2.05) is 24.3 Å². The van der Waals surface area contributed by atoms with E-state index in [4.69, 9.17) is 0 Å². The van der Waals surface area contributed by atoms with E-state index in [-0.39, 0.29) is 11.0 Å². The number of hydrogen-bond donors (Lipinski definition) is 1. The third-order valence-electron chi connectivity index (χ3n) is 3.91. The van der Waals surface area contributed by atoms with Crippen LogP contribution in [0.1, 0.15) is 26.3 Å². The molecule has 22 heavy (non-hydrogen) atoms. The summed E-state index contributed by atoms with van der Waals surface area (Å²) in [7, 11) is 0. The van der Waals surface area contributed by atoms with Gasteiger partial charge in [-0.15, -0.1) is 0 Å². The van der Waals surface area contributed by atoms with Gasteiger partial charge in [-0.05, 0) is 38.5 Å². The van der Waals surface area contributed by atoms with E-state index in [0.29, 0.717) is 5.39 Å². The molecule has 0 spiro atoms. The highest BCUT2D eigenvalue weighted by molar-refractivity contribution is 9.10. The third kappa shape index (κ3) is 2.61. The Labute approximate surface area is 138 Å². The molecule has 3 aromatic rings. The summed E-state index contributed by atoms with van der Waals surface area (Å²) in [6, 6.07) is 16.0. The maximum atomic E-state index is 12.3. The lowest BCUT2D eigenvalue weighted by molar-refractivity contribution is 0.590. The van der Waals surface area contributed by atoms with Crippen LogP contribution in [0.15, 0.2) is 57.8 Å². The predicted octanol–water partition coefficient (Wildman–Crippen LogP) is 5.26. The van der Waals surface area contributed by atoms with Gasteiger partial charge in [-0.2, -0.15) is 0 Å². The molecule has 0 aliphatic heterocycles. The van der Waals surface area contributed by atoms with E-state index in [1.54, 1.807) is 0 Å². The van der Waals surface area contributed by atoms with Crippen molar-refractivity contribution in [3.05, 3.63) is 68.9 Å². The summed E-state index contributed by atoms with van der Waals surface area (Å²) < 4.78 is 0.922. The van der Waals surface area contributed by atoms with Gasteiger partial charge in [-0.1, -0.05) is 63.2 Å². The topological polar surface area (TPSA) is 32.9 Å². The van der Waals surface area contributed by atoms with Crippen molar-refractivity contribution in [1.29, 1.82) is 0 Å². The van der Waals surface area contributed by atoms with Crippen LogP contribution in [0.4, 0.5) is 0 Å². The zero-order valence-electron chi connectivity index (χ0n) is 12.9. The molecule has 0 saturated heterocycles. The molecule has 2 nitrogen and oxygen atoms in total. The number of fused-ring (bicyclic) bond motifs is 1. The second-order valence-electron chi connectivity index (χ2n) is 6.52. The maximum Gasteiger partial charge on any atom is 0.256 e. The van der Waals surface area contributed by atoms with E-state index in [9.17, 15) is 4.79 Å². The fourth-order valence-corrected chi connectivity index (χ4v) is 3.25. The smallest absolute Gasteiger partial charge is 0.256 e. The molecule has 0 unspecified atom stereocenters. The zero-order valence-corrected chi connectivity index (χ0v) is 14.5. The molecule has 0 radical (unpaired) electrons. The fraction of sp³-hybridized carbons (Fsp3) is 0.211. The first-order valence-electron chi connectivity index (χ1n) is 7.29. The van der Waals surface area contributed by atoms with Crippen molar-refractivity contribution in [2.24, 2.45) is 0 Å². The van der Waals surface area contributed by atoms with Crippen LogP contribution in [0.5, 0.6) is 0 Å². The van der Waals surface area contributed by atoms with E-state index in [0.717, 1.165) is 21.1 Å². The molecule has 1 N–H and O–H groups in total. The van der Waals surface area contributed by atoms with Gasteiger partial charge >= 0.3 is 0 Å². The number of pyridine rings is 1. The van der Waals surface area contributed by atoms with Gasteiger partial charge in [0, 0.05) is 15.2 Å². The molecule has 0 aliphatic carbocycles. The Kier molecular flexibility index (Phi) is 3.69. The molecule has 1 heterocycles. The van der Waals surface area contributed by atoms with E-state index in [1.165, 1.54) is 5.56 Å². The molecule has 0 fully saturated rings. The highest BCUT2D eigenvalue weighted by Crippen LogP contribution is 2.32. The molecule has 0 atom stereocenters. The molecule has 3 rings (SSSR count). The summed E-state index contributed by atoms with van der Waals surface area (Å²) in [5.41, 5.74) is 3.16. The number of halogens is 1. The molecular weight excluding hydrogens is 338 g/mol. The van der Waals surface area contributed by atoms with Crippen molar-refractivity contribution in [2.75, 3.05) is 0 Å². The maximum absolute atomic E-state index is 12.3. The summed E-state index contributed by atoms with van der Waals surface area (Å²) in [5.74, 6) is 0. The number of rotatable bonds is 1. The minimum absolute atomic E-state index is 0.0614. The standard InChI is InChI=1S/C19H18BrNO/c1-19(2,3)13-10-8-12(9-11-13)17-16(20)14-6-4-5-7-15(14)18(22)21-17/h4-11H,1-3H3,(H,21,22). The van der Waals surface area contributed by atoms with Crippen LogP contribution in [-0.4, -0.2) is 4.98 Å². The van der Waals surface area contributed by atoms with Gasteiger partial charge < -0.3 is 4.98 Å². The van der Waals surface area contributed by atoms with E-state index in [2.05, 4.69) is 66.0 Å². The summed E-state index contributed by atoms with van der Waals surface area (Å²) in [5, 5.41) is 1.63. The third-order valence-corrected chi connectivity index (χ3v) is 4.73. The second kappa shape index (κ2) is 5.40. The lowest BCUT2D eigenvalue weighted by Crippen LogP contribution is -2.11. The lowest BCUT2D eigenvalue weighted by Gasteiger charge is -2.19. The van der Waals surface area contributed by atoms with E-state index >= 15 is 0 Å². The molecule has 0 amide bonds. The molecule has 0 bridgehead atoms. The SMILES string of the molecule is CC(C)(C)c1ccc(-c2[nH]c(=O)c3ccccc3c2Br)cc1. The van der Waals surface area contributed by atoms with Crippen LogP contribution in [0.25, 0.3) is 22.0 Å². The second-order valence-corrected chi connectivity index (χ2v) is 7.31. The Balaban J connectivity index is 2.19. The first kappa shape index (κ1) is 15.0. The highest BCUT2D eigenvalue weighted by Gasteiger charge is 2.15. The molecule has 3 heteroatoms. The van der Waals surface area contributed by atoms with Crippen molar-refractivity contribution in [2.45, 2.75) is 26.2 Å². The quantitative estimate of drug-likeness (QED) is 0.634. The average molecular weight is 356 g/mol. The summed E-state index contributed by atoms with van der Waals surface area (Å²) in [6.45, 7) is 6.57. The number of H-pyrrole nitrogens is 1. The first-order chi connectivity index (χ1) is 10.4. The Morgan fingerprint density at radius 1 is 0.909 bits per heavy atom. The van der Waals surface area contributed by atoms with Crippen LogP contribution in [0.3, 0.4) is 0 Å². The van der Waals surface area contributed by atoms with Crippen molar-refractivity contribution in [1.82, 2.24) is 4.98 Å². The molecule has 2 aromatic carbocycles. The van der Waals surface area contributed by atoms with Crippen molar-refractivity contribution in [3.63, 3.8) is 0 Å². The molecule has 0 saturated carbocycles. The first-order valence-corrected chi connectivity index (χ1v) is 8.08. The number of benzene rings is 2. The Morgan fingerprint density at radius 2 is 1.50 bits per heavy atom. The summed E-state index contributed by atoms with van der Waals surface area (Å²) in [6.07, 6.45) is 0. The number of aromatic amines is 1. The largest absolute Gasteiger partial charge is 0.320 e. The normalized spacial score (nSPS) is 11.8. The molecule has 1 aromatic heterocycles. The van der Waals surface area contributed by atoms with E-state index < -0.39 is 0 Å². The van der Waals surface area contributed by atoms with Gasteiger partial charge in [-0.3, -0.25) is 4.79 Å². The van der Waals surface area contributed by atoms with Crippen molar-refractivity contribution >= 4 is 26.7 Å². The molecular formula is C19H18BrNO. The van der Waals surface area contributed by atoms with Crippen LogP contribution in [-0.2, 0) is 5.41 Å². The van der Waals surface area contributed by atoms with Crippen molar-refractivity contribution < 1.29 is 0 Å². The van der Waals surface area contributed by atoms with Crippen LogP contribution < -0.4 is 5.56 Å². The molecule has 0 aliphatic rings. The Morgan fingerprint density at radius 3 is 2.09 bits per heavy atom. The zero-order chi connectivity index (χ0) is 15.9. The predicted molar refractivity (Wildman–Crippen MR) is 96.4 cm³/mol. The number of hydrogen-bond acceptors (Lipinski definition) is 1.